The minimum absolute atomic E-state index is 0.0772. The van der Waals surface area contributed by atoms with Gasteiger partial charge in [0.05, 0.1) is 26.9 Å². The number of hydrogen-bond donors (Lipinski definition) is 2. The van der Waals surface area contributed by atoms with E-state index in [-0.39, 0.29) is 17.7 Å². The lowest BCUT2D eigenvalue weighted by Crippen LogP contribution is -2.41. The van der Waals surface area contributed by atoms with E-state index in [1.807, 2.05) is 12.1 Å². The van der Waals surface area contributed by atoms with Crippen LogP contribution in [0.15, 0.2) is 48.5 Å². The van der Waals surface area contributed by atoms with Crippen LogP contribution in [0, 0.1) is 0 Å². The molecule has 0 radical (unpaired) electrons. The molecule has 2 aromatic carbocycles. The molecule has 0 atom stereocenters. The molecule has 3 aromatic rings. The van der Waals surface area contributed by atoms with Crippen LogP contribution >= 0.6 is 11.6 Å². The average molecular weight is 539 g/mol. The van der Waals surface area contributed by atoms with E-state index in [1.54, 1.807) is 48.4 Å². The molecule has 2 fully saturated rings. The van der Waals surface area contributed by atoms with Gasteiger partial charge >= 0.3 is 6.03 Å². The van der Waals surface area contributed by atoms with Crippen LogP contribution in [0.1, 0.15) is 0 Å². The van der Waals surface area contributed by atoms with Crippen molar-refractivity contribution in [2.24, 2.45) is 0 Å². The summed E-state index contributed by atoms with van der Waals surface area (Å²) in [6, 6.07) is 13.8. The molecule has 0 saturated carbocycles. The van der Waals surface area contributed by atoms with Crippen molar-refractivity contribution in [1.82, 2.24) is 9.97 Å². The molecular weight excluding hydrogens is 512 g/mol. The third kappa shape index (κ3) is 5.80. The molecule has 2 N–H and O–H groups in total. The van der Waals surface area contributed by atoms with Crippen LogP contribution in [0.25, 0.3) is 11.4 Å². The molecule has 12 heteroatoms. The number of ether oxygens (including phenoxy) is 3. The maximum Gasteiger partial charge on any atom is 0.323 e. The predicted octanol–water partition coefficient (Wildman–Crippen LogP) is 3.65. The summed E-state index contributed by atoms with van der Waals surface area (Å²) in [6.07, 6.45) is 0. The first-order valence-electron chi connectivity index (χ1n) is 12.1. The number of urea groups is 1. The molecule has 2 aliphatic heterocycles. The van der Waals surface area contributed by atoms with Crippen molar-refractivity contribution in [3.63, 3.8) is 0 Å². The number of carbonyl (C=O) groups excluding carboxylic acids is 2. The van der Waals surface area contributed by atoms with Crippen LogP contribution in [0.5, 0.6) is 5.75 Å². The van der Waals surface area contributed by atoms with Gasteiger partial charge in [0.25, 0.3) is 5.91 Å². The first-order chi connectivity index (χ1) is 18.5. The second kappa shape index (κ2) is 11.6. The van der Waals surface area contributed by atoms with Gasteiger partial charge < -0.3 is 34.6 Å². The van der Waals surface area contributed by atoms with Crippen molar-refractivity contribution >= 4 is 46.4 Å². The molecule has 1 aromatic heterocycles. The lowest BCUT2D eigenvalue weighted by Gasteiger charge is -2.29. The van der Waals surface area contributed by atoms with E-state index >= 15 is 0 Å². The molecule has 0 aliphatic carbocycles. The number of benzene rings is 2. The van der Waals surface area contributed by atoms with Crippen molar-refractivity contribution in [1.29, 1.82) is 0 Å². The number of nitrogens with one attached hydrogen (secondary N) is 2. The fraction of sp³-hybridized carbons (Fsp3) is 0.308. The van der Waals surface area contributed by atoms with E-state index < -0.39 is 6.03 Å². The van der Waals surface area contributed by atoms with Crippen molar-refractivity contribution in [2.45, 2.75) is 0 Å². The zero-order valence-electron chi connectivity index (χ0n) is 20.8. The highest BCUT2D eigenvalue weighted by Crippen LogP contribution is 2.35. The van der Waals surface area contributed by atoms with Gasteiger partial charge in [-0.1, -0.05) is 11.6 Å². The fourth-order valence-electron chi connectivity index (χ4n) is 4.22. The minimum Gasteiger partial charge on any atom is -0.490 e. The van der Waals surface area contributed by atoms with Gasteiger partial charge in [-0.05, 0) is 48.5 Å². The molecule has 198 valence electrons. The molecule has 38 heavy (non-hydrogen) atoms. The maximum absolute atomic E-state index is 12.5. The minimum atomic E-state index is -0.397. The van der Waals surface area contributed by atoms with Gasteiger partial charge in [0.15, 0.2) is 22.5 Å². The molecule has 3 heterocycles. The van der Waals surface area contributed by atoms with Gasteiger partial charge in [0.1, 0.15) is 6.61 Å². The summed E-state index contributed by atoms with van der Waals surface area (Å²) >= 11 is 6.42. The number of hydrogen-bond acceptors (Lipinski definition) is 8. The molecule has 3 amide bonds. The Balaban J connectivity index is 1.24. The number of methoxy groups -OCH3 is 1. The average Bonchev–Trinajstić information content (AvgIpc) is 2.94. The molecule has 5 rings (SSSR count). The highest BCUT2D eigenvalue weighted by Gasteiger charge is 2.22. The molecule has 2 saturated heterocycles. The Labute approximate surface area is 224 Å². The van der Waals surface area contributed by atoms with Gasteiger partial charge in [-0.15, -0.1) is 0 Å². The normalized spacial score (nSPS) is 15.8. The Bertz CT molecular complexity index is 1300. The van der Waals surface area contributed by atoms with Gasteiger partial charge in [0, 0.05) is 42.3 Å². The van der Waals surface area contributed by atoms with Crippen molar-refractivity contribution in [3.8, 4) is 17.1 Å². The van der Waals surface area contributed by atoms with Crippen molar-refractivity contribution in [3.05, 3.63) is 53.7 Å². The number of nitrogens with zero attached hydrogens (tertiary/aromatic N) is 4. The van der Waals surface area contributed by atoms with Gasteiger partial charge in [0.2, 0.25) is 0 Å². The van der Waals surface area contributed by atoms with Crippen LogP contribution in [-0.2, 0) is 14.3 Å². The summed E-state index contributed by atoms with van der Waals surface area (Å²) in [4.78, 5) is 37.4. The third-order valence-corrected chi connectivity index (χ3v) is 6.40. The first-order valence-corrected chi connectivity index (χ1v) is 12.5. The van der Waals surface area contributed by atoms with E-state index in [0.717, 1.165) is 11.3 Å². The van der Waals surface area contributed by atoms with E-state index in [0.29, 0.717) is 68.2 Å². The summed E-state index contributed by atoms with van der Waals surface area (Å²) < 4.78 is 16.1. The van der Waals surface area contributed by atoms with Crippen LogP contribution < -0.4 is 25.2 Å². The number of halogens is 1. The smallest absolute Gasteiger partial charge is 0.323 e. The van der Waals surface area contributed by atoms with E-state index in [4.69, 9.17) is 30.8 Å². The highest BCUT2D eigenvalue weighted by molar-refractivity contribution is 6.31. The summed E-state index contributed by atoms with van der Waals surface area (Å²) in [6.45, 7) is 3.63. The second-order valence-corrected chi connectivity index (χ2v) is 8.95. The first kappa shape index (κ1) is 25.7. The van der Waals surface area contributed by atoms with Crippen LogP contribution in [-0.4, -0.2) is 75.1 Å². The van der Waals surface area contributed by atoms with Crippen LogP contribution in [0.4, 0.5) is 27.7 Å². The van der Waals surface area contributed by atoms with E-state index in [9.17, 15) is 9.59 Å². The summed E-state index contributed by atoms with van der Waals surface area (Å²) in [5.41, 5.74) is 2.69. The monoisotopic (exact) mass is 538 g/mol. The zero-order valence-corrected chi connectivity index (χ0v) is 21.5. The lowest BCUT2D eigenvalue weighted by atomic mass is 10.2. The SMILES string of the molecule is COc1c(Cl)nc(-c2ccc(NC(=O)Nc3ccc(N4CCOCC4=O)cc3)cc2)nc1N1CCOCC1. The van der Waals surface area contributed by atoms with Gasteiger partial charge in [-0.3, -0.25) is 4.79 Å². The quantitative estimate of drug-likeness (QED) is 0.457. The predicted molar refractivity (Wildman–Crippen MR) is 144 cm³/mol. The van der Waals surface area contributed by atoms with Gasteiger partial charge in [-0.2, -0.15) is 0 Å². The Kier molecular flexibility index (Phi) is 7.87. The number of carbonyl (C=O) groups is 2. The summed E-state index contributed by atoms with van der Waals surface area (Å²) in [5.74, 6) is 1.41. The van der Waals surface area contributed by atoms with Crippen molar-refractivity contribution in [2.75, 3.05) is 73.6 Å². The Morgan fingerprint density at radius 2 is 1.55 bits per heavy atom. The maximum atomic E-state index is 12.5. The number of anilines is 4. The zero-order chi connectivity index (χ0) is 26.5. The number of rotatable bonds is 6. The Morgan fingerprint density at radius 3 is 2.18 bits per heavy atom. The van der Waals surface area contributed by atoms with Crippen LogP contribution in [0.2, 0.25) is 5.15 Å². The lowest BCUT2D eigenvalue weighted by molar-refractivity contribution is -0.125. The largest absolute Gasteiger partial charge is 0.490 e. The molecule has 0 bridgehead atoms. The van der Waals surface area contributed by atoms with E-state index in [1.165, 1.54) is 0 Å². The molecule has 11 nitrogen and oxygen atoms in total. The molecular formula is C26H27ClN6O5. The summed E-state index contributed by atoms with van der Waals surface area (Å²) in [7, 11) is 1.54. The summed E-state index contributed by atoms with van der Waals surface area (Å²) in [5, 5.41) is 5.83. The second-order valence-electron chi connectivity index (χ2n) is 8.60. The standard InChI is InChI=1S/C26H27ClN6O5/c1-36-22-23(27)30-24(31-25(22)32-10-13-37-14-11-32)17-2-4-18(5-3-17)28-26(35)29-19-6-8-20(9-7-19)33-12-15-38-16-21(33)34/h2-9H,10-16H2,1H3,(H2,28,29,35). The fourth-order valence-corrected chi connectivity index (χ4v) is 4.46. The third-order valence-electron chi connectivity index (χ3n) is 6.14. The Morgan fingerprint density at radius 1 is 0.921 bits per heavy atom. The Hall–Kier alpha value is -3.93. The molecule has 2 aliphatic rings. The van der Waals surface area contributed by atoms with Gasteiger partial charge in [-0.25, -0.2) is 14.8 Å². The molecule has 0 unspecified atom stereocenters. The highest BCUT2D eigenvalue weighted by atomic mass is 35.5. The topological polar surface area (TPSA) is 118 Å². The van der Waals surface area contributed by atoms with E-state index in [2.05, 4.69) is 20.5 Å². The molecule has 0 spiro atoms. The van der Waals surface area contributed by atoms with Crippen molar-refractivity contribution < 1.29 is 23.8 Å². The number of aromatic nitrogens is 2. The number of amides is 3. The van der Waals surface area contributed by atoms with Crippen LogP contribution in [0.3, 0.4) is 0 Å². The number of morpholine rings is 2.